The molecule has 0 aromatic carbocycles. The number of hydrogen-bond donors (Lipinski definition) is 0. The summed E-state index contributed by atoms with van der Waals surface area (Å²) >= 11 is -6.72. The van der Waals surface area contributed by atoms with Crippen molar-refractivity contribution in [3.05, 3.63) is 0 Å². The molecule has 0 aromatic heterocycles. The summed E-state index contributed by atoms with van der Waals surface area (Å²) in [5.41, 5.74) is 0. The third-order valence-electron chi connectivity index (χ3n) is 3.18. The molecule has 0 saturated heterocycles. The molecule has 0 rings (SSSR count). The maximum absolute atomic E-state index is 9.92. The van der Waals surface area contributed by atoms with Crippen LogP contribution in [0.15, 0.2) is 0 Å². The fourth-order valence-electron chi connectivity index (χ4n) is 2.07. The Morgan fingerprint density at radius 2 is 0.880 bits per heavy atom. The topological polar surface area (TPSA) is 68.3 Å². The molecule has 155 valence electrons. The summed E-state index contributed by atoms with van der Waals surface area (Å²) in [5, 5.41) is 0. The summed E-state index contributed by atoms with van der Waals surface area (Å²) in [7, 11) is 6.86. The quantitative estimate of drug-likeness (QED) is 0.133. The Morgan fingerprint density at radius 3 is 1.12 bits per heavy atom. The van der Waals surface area contributed by atoms with Crippen LogP contribution in [0.25, 0.3) is 0 Å². The summed E-state index contributed by atoms with van der Waals surface area (Å²) < 4.78 is 54.3. The standard InChI is InChI=1S/C15H34N.2FO2S.Ru/c1-5-6-7-8-9-10-11-12-13-14-15-16(2,3)4;2*1-4(2)3;/h5-15H2,1-4H3;;;/q+1;2*-1;+3. The van der Waals surface area contributed by atoms with Gasteiger partial charge in [0.05, 0.1) is 49.9 Å². The van der Waals surface area contributed by atoms with Crippen LogP contribution in [0.1, 0.15) is 71.1 Å². The second-order valence-corrected chi connectivity index (χ2v) is 7.36. The Hall–Kier alpha value is 0.343. The number of nitrogens with zero attached hydrogens (tertiary/aromatic N) is 1. The molecule has 0 amide bonds. The van der Waals surface area contributed by atoms with Gasteiger partial charge in [-0.2, -0.15) is 0 Å². The molecule has 0 N–H and O–H groups in total. The minimum Gasteiger partial charge on any atom is -0.392 e. The fourth-order valence-corrected chi connectivity index (χ4v) is 2.07. The van der Waals surface area contributed by atoms with E-state index in [4.69, 9.17) is 16.8 Å². The molecule has 0 bridgehead atoms. The Morgan fingerprint density at radius 1 is 0.640 bits per heavy atom. The summed E-state index contributed by atoms with van der Waals surface area (Å²) in [4.78, 5) is 0. The summed E-state index contributed by atoms with van der Waals surface area (Å²) in [6.07, 6.45) is 14.4. The molecule has 0 aliphatic heterocycles. The zero-order valence-electron chi connectivity index (χ0n) is 15.8. The van der Waals surface area contributed by atoms with Gasteiger partial charge in [-0.1, -0.05) is 58.3 Å². The largest absolute Gasteiger partial charge is 3.00 e. The van der Waals surface area contributed by atoms with Gasteiger partial charge in [0.15, 0.2) is 0 Å². The zero-order chi connectivity index (χ0) is 19.4. The van der Waals surface area contributed by atoms with Gasteiger partial charge >= 0.3 is 19.5 Å². The molecule has 0 unspecified atom stereocenters. The Bertz CT molecular complexity index is 365. The second kappa shape index (κ2) is 24.3. The first-order valence-corrected chi connectivity index (χ1v) is 10.3. The number of unbranched alkanes of at least 4 members (excludes halogenated alkanes) is 9. The Kier molecular flexibility index (Phi) is 32.1. The minimum absolute atomic E-state index is 0. The normalized spacial score (nSPS) is 10.4. The van der Waals surface area contributed by atoms with Gasteiger partial charge in [-0.15, -0.1) is 0 Å². The van der Waals surface area contributed by atoms with E-state index in [2.05, 4.69) is 28.1 Å². The molecule has 0 fully saturated rings. The van der Waals surface area contributed by atoms with Gasteiger partial charge in [0.25, 0.3) is 0 Å². The van der Waals surface area contributed by atoms with Crippen LogP contribution in [-0.2, 0) is 58.5 Å². The third kappa shape index (κ3) is 68.3. The average molecular weight is 496 g/mol. The predicted octanol–water partition coefficient (Wildman–Crippen LogP) is 4.97. The van der Waals surface area contributed by atoms with E-state index in [0.717, 1.165) is 4.48 Å². The van der Waals surface area contributed by atoms with Gasteiger partial charge in [0, 0.05) is 0 Å². The van der Waals surface area contributed by atoms with Gasteiger partial charge in [-0.25, -0.2) is 0 Å². The molecule has 10 heteroatoms. The van der Waals surface area contributed by atoms with Crippen LogP contribution in [0, 0.1) is 0 Å². The summed E-state index contributed by atoms with van der Waals surface area (Å²) in [5.74, 6) is 0. The van der Waals surface area contributed by atoms with Crippen molar-refractivity contribution in [2.45, 2.75) is 71.1 Å². The van der Waals surface area contributed by atoms with E-state index >= 15 is 0 Å². The van der Waals surface area contributed by atoms with Crippen molar-refractivity contribution in [3.8, 4) is 0 Å². The van der Waals surface area contributed by atoms with Crippen LogP contribution in [-0.4, -0.2) is 32.2 Å². The van der Waals surface area contributed by atoms with Crippen molar-refractivity contribution < 1.29 is 48.6 Å². The smallest absolute Gasteiger partial charge is 0.392 e. The van der Waals surface area contributed by atoms with Gasteiger partial charge in [0.2, 0.25) is 0 Å². The van der Waals surface area contributed by atoms with Crippen LogP contribution in [0.5, 0.6) is 0 Å². The first-order valence-electron chi connectivity index (χ1n) is 8.34. The monoisotopic (exact) mass is 496 g/mol. The van der Waals surface area contributed by atoms with Gasteiger partial charge in [0.1, 0.15) is 0 Å². The van der Waals surface area contributed by atoms with E-state index in [0.29, 0.717) is 0 Å². The number of halogens is 2. The van der Waals surface area contributed by atoms with Crippen molar-refractivity contribution in [1.82, 2.24) is 0 Å². The molecule has 0 aliphatic rings. The van der Waals surface area contributed by atoms with Crippen molar-refractivity contribution in [2.75, 3.05) is 27.7 Å². The van der Waals surface area contributed by atoms with E-state index in [-0.39, 0.29) is 19.5 Å². The zero-order valence-corrected chi connectivity index (χ0v) is 19.2. The van der Waals surface area contributed by atoms with Gasteiger partial charge in [-0.05, 0) is 12.8 Å². The van der Waals surface area contributed by atoms with E-state index < -0.39 is 22.2 Å². The first-order chi connectivity index (χ1) is 11.0. The Balaban J connectivity index is -0.000000205. The molecule has 0 aliphatic carbocycles. The molecular weight excluding hydrogens is 461 g/mol. The first kappa shape index (κ1) is 33.0. The van der Waals surface area contributed by atoms with E-state index in [1.54, 1.807) is 0 Å². The van der Waals surface area contributed by atoms with Crippen molar-refractivity contribution in [2.24, 2.45) is 0 Å². The van der Waals surface area contributed by atoms with Crippen molar-refractivity contribution in [1.29, 1.82) is 0 Å². The fraction of sp³-hybridized carbons (Fsp3) is 1.00. The molecule has 0 aromatic rings. The van der Waals surface area contributed by atoms with E-state index in [1.165, 1.54) is 70.8 Å². The number of hydrogen-bond acceptors (Lipinski definition) is 6. The molecule has 0 heterocycles. The van der Waals surface area contributed by atoms with Crippen LogP contribution >= 0.6 is 0 Å². The number of rotatable bonds is 11. The van der Waals surface area contributed by atoms with Crippen LogP contribution in [0.3, 0.4) is 0 Å². The maximum atomic E-state index is 9.92. The molecule has 0 saturated carbocycles. The van der Waals surface area contributed by atoms with Crippen LogP contribution < -0.4 is 0 Å². The second-order valence-electron chi connectivity index (χ2n) is 6.58. The van der Waals surface area contributed by atoms with Crippen LogP contribution in [0.2, 0.25) is 0 Å². The molecule has 0 atom stereocenters. The molecular formula is C15H34F2NO4RuS2+2. The molecule has 1 radical (unpaired) electrons. The number of quaternary nitrogens is 1. The molecule has 5 nitrogen and oxygen atoms in total. The Labute approximate surface area is 169 Å². The van der Waals surface area contributed by atoms with Crippen molar-refractivity contribution >= 4 is 22.2 Å². The maximum Gasteiger partial charge on any atom is 3.00 e. The van der Waals surface area contributed by atoms with Gasteiger partial charge < -0.3 is 29.1 Å². The average Bonchev–Trinajstić information content (AvgIpc) is 2.38. The van der Waals surface area contributed by atoms with E-state index in [9.17, 15) is 7.77 Å². The summed E-state index contributed by atoms with van der Waals surface area (Å²) in [6.45, 7) is 3.62. The summed E-state index contributed by atoms with van der Waals surface area (Å²) in [6, 6.07) is 0. The SMILES string of the molecule is CCCCCCCCCCCC[N+](C)(C)C.O=[S-](=O)F.O=[S-](=O)F.[Ru+3]. The third-order valence-corrected chi connectivity index (χ3v) is 3.18. The van der Waals surface area contributed by atoms with E-state index in [1.807, 2.05) is 0 Å². The minimum atomic E-state index is -3.36. The van der Waals surface area contributed by atoms with Crippen LogP contribution in [0.4, 0.5) is 7.77 Å². The molecule has 0 spiro atoms. The predicted molar refractivity (Wildman–Crippen MR) is 94.4 cm³/mol. The van der Waals surface area contributed by atoms with Gasteiger partial charge in [-0.3, -0.25) is 0 Å². The van der Waals surface area contributed by atoms with Crippen molar-refractivity contribution in [3.63, 3.8) is 0 Å². The molecule has 25 heavy (non-hydrogen) atoms.